The van der Waals surface area contributed by atoms with Gasteiger partial charge in [-0.05, 0) is 89.9 Å². The highest BCUT2D eigenvalue weighted by atomic mass is 16.7. The second kappa shape index (κ2) is 61.3. The number of hydrogen-bond acceptors (Lipinski definition) is 10. The smallest absolute Gasteiger partial charge is 0.249 e. The number of unbranched alkanes of at least 4 members (excludes halogenated alkanes) is 43. The molecule has 8 N–H and O–H groups in total. The molecular weight excluding hydrogens is 1050 g/mol. The maximum Gasteiger partial charge on any atom is 0.249 e. The van der Waals surface area contributed by atoms with Crippen molar-refractivity contribution in [3.63, 3.8) is 0 Å². The summed E-state index contributed by atoms with van der Waals surface area (Å²) in [5.74, 6) is -0.708. The van der Waals surface area contributed by atoms with Gasteiger partial charge in [-0.25, -0.2) is 0 Å². The first kappa shape index (κ1) is 80.1. The van der Waals surface area contributed by atoms with E-state index in [2.05, 4.69) is 67.8 Å². The molecule has 1 amide bonds. The van der Waals surface area contributed by atoms with Crippen LogP contribution in [0.15, 0.2) is 48.6 Å². The minimum Gasteiger partial charge on any atom is -0.394 e. The minimum absolute atomic E-state index is 0.241. The van der Waals surface area contributed by atoms with E-state index in [4.69, 9.17) is 9.47 Å². The van der Waals surface area contributed by atoms with Gasteiger partial charge in [0, 0.05) is 0 Å². The first-order chi connectivity index (χ1) is 41.2. The third kappa shape index (κ3) is 48.1. The van der Waals surface area contributed by atoms with Crippen LogP contribution in [0.3, 0.4) is 0 Å². The van der Waals surface area contributed by atoms with Gasteiger partial charge in [-0.1, -0.05) is 300 Å². The molecule has 11 heteroatoms. The largest absolute Gasteiger partial charge is 0.394 e. The molecule has 11 nitrogen and oxygen atoms in total. The van der Waals surface area contributed by atoms with E-state index in [-0.39, 0.29) is 12.8 Å². The number of carbonyl (C=O) groups excluding carboxylic acids is 1. The van der Waals surface area contributed by atoms with Crippen LogP contribution in [0.1, 0.15) is 341 Å². The molecule has 0 aromatic carbocycles. The lowest BCUT2D eigenvalue weighted by Crippen LogP contribution is -2.60. The Bertz CT molecular complexity index is 1510. The number of hydrogen-bond donors (Lipinski definition) is 8. The molecule has 84 heavy (non-hydrogen) atoms. The fourth-order valence-electron chi connectivity index (χ4n) is 11.5. The summed E-state index contributed by atoms with van der Waals surface area (Å²) in [4.78, 5) is 13.2. The summed E-state index contributed by atoms with van der Waals surface area (Å²) in [6, 6.07) is -1.20. The first-order valence-electron chi connectivity index (χ1n) is 36.0. The van der Waals surface area contributed by atoms with Crippen LogP contribution in [0.4, 0.5) is 0 Å². The molecule has 1 rings (SSSR count). The molecule has 0 aliphatic carbocycles. The molecular formula is C73H137NO10. The number of nitrogens with one attached hydrogen (secondary N) is 1. The van der Waals surface area contributed by atoms with Crippen LogP contribution in [-0.4, -0.2) is 110 Å². The van der Waals surface area contributed by atoms with Crippen LogP contribution in [0, 0.1) is 0 Å². The van der Waals surface area contributed by atoms with Crippen molar-refractivity contribution in [2.45, 2.75) is 396 Å². The number of aliphatic hydroxyl groups is 7. The Morgan fingerprint density at radius 3 is 1.06 bits per heavy atom. The van der Waals surface area contributed by atoms with Crippen molar-refractivity contribution in [3.05, 3.63) is 48.6 Å². The molecule has 0 aromatic heterocycles. The molecule has 9 unspecified atom stereocenters. The van der Waals surface area contributed by atoms with Gasteiger partial charge in [0.15, 0.2) is 6.29 Å². The molecule has 0 spiro atoms. The van der Waals surface area contributed by atoms with Crippen molar-refractivity contribution < 1.29 is 50.0 Å². The van der Waals surface area contributed by atoms with Crippen molar-refractivity contribution in [1.29, 1.82) is 0 Å². The molecule has 1 aliphatic heterocycles. The van der Waals surface area contributed by atoms with Gasteiger partial charge >= 0.3 is 0 Å². The van der Waals surface area contributed by atoms with Gasteiger partial charge in [-0.2, -0.15) is 0 Å². The lowest BCUT2D eigenvalue weighted by atomic mass is 9.98. The number of rotatable bonds is 63. The summed E-state index contributed by atoms with van der Waals surface area (Å²) in [7, 11) is 0. The van der Waals surface area contributed by atoms with Gasteiger partial charge in [0.05, 0.1) is 25.4 Å². The van der Waals surface area contributed by atoms with E-state index in [1.807, 2.05) is 0 Å². The van der Waals surface area contributed by atoms with Gasteiger partial charge in [0.25, 0.3) is 0 Å². The van der Waals surface area contributed by atoms with E-state index in [0.29, 0.717) is 19.3 Å². The lowest BCUT2D eigenvalue weighted by Gasteiger charge is -2.40. The molecule has 0 radical (unpaired) electrons. The third-order valence-corrected chi connectivity index (χ3v) is 17.3. The van der Waals surface area contributed by atoms with Crippen molar-refractivity contribution in [2.75, 3.05) is 13.2 Å². The van der Waals surface area contributed by atoms with Crippen LogP contribution in [0.5, 0.6) is 0 Å². The van der Waals surface area contributed by atoms with E-state index < -0.39 is 74.2 Å². The number of carbonyl (C=O) groups is 1. The number of aliphatic hydroxyl groups excluding tert-OH is 7. The van der Waals surface area contributed by atoms with Gasteiger partial charge in [-0.15, -0.1) is 0 Å². The van der Waals surface area contributed by atoms with E-state index in [1.54, 1.807) is 0 Å². The summed E-state index contributed by atoms with van der Waals surface area (Å²) >= 11 is 0. The van der Waals surface area contributed by atoms with E-state index in [1.165, 1.54) is 250 Å². The summed E-state index contributed by atoms with van der Waals surface area (Å²) in [5.41, 5.74) is 0. The summed E-state index contributed by atoms with van der Waals surface area (Å²) < 4.78 is 11.2. The fraction of sp³-hybridized carbons (Fsp3) is 0.877. The zero-order valence-corrected chi connectivity index (χ0v) is 54.6. The molecule has 1 aliphatic rings. The Kier molecular flexibility index (Phi) is 58.5. The number of allylic oxidation sites excluding steroid dienone is 8. The quantitative estimate of drug-likeness (QED) is 0.0215. The maximum atomic E-state index is 13.2. The van der Waals surface area contributed by atoms with E-state index in [0.717, 1.165) is 44.9 Å². The zero-order valence-electron chi connectivity index (χ0n) is 54.6. The predicted octanol–water partition coefficient (Wildman–Crippen LogP) is 17.5. The Balaban J connectivity index is 2.17. The molecule has 0 saturated carbocycles. The summed E-state index contributed by atoms with van der Waals surface area (Å²) in [6.45, 7) is 3.47. The Hall–Kier alpha value is -1.93. The highest BCUT2D eigenvalue weighted by molar-refractivity contribution is 5.80. The predicted molar refractivity (Wildman–Crippen MR) is 353 cm³/mol. The third-order valence-electron chi connectivity index (χ3n) is 17.3. The fourth-order valence-corrected chi connectivity index (χ4v) is 11.5. The zero-order chi connectivity index (χ0) is 61.0. The average Bonchev–Trinajstić information content (AvgIpc) is 3.55. The van der Waals surface area contributed by atoms with Crippen LogP contribution in [0.2, 0.25) is 0 Å². The minimum atomic E-state index is -1.67. The second-order valence-electron chi connectivity index (χ2n) is 25.3. The summed E-state index contributed by atoms with van der Waals surface area (Å²) in [6.07, 6.45) is 69.3. The van der Waals surface area contributed by atoms with Gasteiger partial charge in [0.1, 0.15) is 36.6 Å². The van der Waals surface area contributed by atoms with Gasteiger partial charge in [0.2, 0.25) is 5.91 Å². The van der Waals surface area contributed by atoms with Gasteiger partial charge < -0.3 is 50.5 Å². The molecule has 1 saturated heterocycles. The maximum absolute atomic E-state index is 13.2. The standard InChI is InChI=1S/C73H137NO10/c1-3-5-7-9-11-13-15-17-19-21-23-25-26-27-28-29-30-31-32-33-34-35-36-37-38-39-41-43-45-47-49-51-53-55-57-59-61-66(77)72(82)74-64(63-83-73-71(81)70(80)69(79)67(62-75)84-73)68(78)65(76)60-58-56-54-52-50-48-46-44-42-40-24-22-20-18-16-14-12-10-8-6-4-2/h22,24,31-32,44,46,52,54,64-71,73,75-81H,3-21,23,25-30,33-43,45,47-51,53,55-63H2,1-2H3,(H,74,82)/b24-22+,32-31-,46-44+,54-52+. The van der Waals surface area contributed by atoms with Crippen molar-refractivity contribution >= 4 is 5.91 Å². The normalized spacial score (nSPS) is 19.2. The van der Waals surface area contributed by atoms with Crippen molar-refractivity contribution in [1.82, 2.24) is 5.32 Å². The Labute approximate surface area is 517 Å². The molecule has 9 atom stereocenters. The molecule has 1 heterocycles. The van der Waals surface area contributed by atoms with Crippen LogP contribution >= 0.6 is 0 Å². The molecule has 494 valence electrons. The van der Waals surface area contributed by atoms with E-state index in [9.17, 15) is 40.5 Å². The average molecular weight is 1190 g/mol. The Morgan fingerprint density at radius 1 is 0.405 bits per heavy atom. The van der Waals surface area contributed by atoms with Crippen LogP contribution in [0.25, 0.3) is 0 Å². The van der Waals surface area contributed by atoms with Crippen LogP contribution < -0.4 is 5.32 Å². The monoisotopic (exact) mass is 1190 g/mol. The van der Waals surface area contributed by atoms with Crippen molar-refractivity contribution in [3.8, 4) is 0 Å². The highest BCUT2D eigenvalue weighted by Gasteiger charge is 2.44. The van der Waals surface area contributed by atoms with Crippen LogP contribution in [-0.2, 0) is 14.3 Å². The molecule has 0 bridgehead atoms. The SMILES string of the molecule is CCCCCCCCCC/C=C/CC/C=C/CC/C=C/CCCC(O)C(O)C(COC1OC(CO)C(O)C(O)C1O)NC(=O)C(O)CCCCCCCCCCCCCCCCCC/C=C\CCCCCCCCCCCCCCCCCC. The second-order valence-corrected chi connectivity index (χ2v) is 25.3. The number of ether oxygens (including phenoxy) is 2. The Morgan fingerprint density at radius 2 is 0.714 bits per heavy atom. The summed E-state index contributed by atoms with van der Waals surface area (Å²) in [5, 5.41) is 76.4. The number of amides is 1. The molecule has 0 aromatic rings. The lowest BCUT2D eigenvalue weighted by molar-refractivity contribution is -0.303. The van der Waals surface area contributed by atoms with Crippen molar-refractivity contribution in [2.24, 2.45) is 0 Å². The first-order valence-corrected chi connectivity index (χ1v) is 36.0. The topological polar surface area (TPSA) is 189 Å². The molecule has 1 fully saturated rings. The van der Waals surface area contributed by atoms with Gasteiger partial charge in [-0.3, -0.25) is 4.79 Å². The van der Waals surface area contributed by atoms with E-state index >= 15 is 0 Å². The highest BCUT2D eigenvalue weighted by Crippen LogP contribution is 2.24.